The van der Waals surface area contributed by atoms with Crippen LogP contribution in [0.5, 0.6) is 17.2 Å². The first-order valence-corrected chi connectivity index (χ1v) is 7.96. The fourth-order valence-corrected chi connectivity index (χ4v) is 2.47. The quantitative estimate of drug-likeness (QED) is 0.478. The van der Waals surface area contributed by atoms with Gasteiger partial charge in [0.2, 0.25) is 0 Å². The highest BCUT2D eigenvalue weighted by molar-refractivity contribution is 6.01. The molecule has 132 valence electrons. The van der Waals surface area contributed by atoms with E-state index >= 15 is 0 Å². The van der Waals surface area contributed by atoms with Crippen molar-refractivity contribution < 1.29 is 25.2 Å². The van der Waals surface area contributed by atoms with Gasteiger partial charge in [0, 0.05) is 12.5 Å². The van der Waals surface area contributed by atoms with E-state index in [-0.39, 0.29) is 29.2 Å². The topological polar surface area (TPSA) is 98.0 Å². The number of hydrogen-bond acceptors (Lipinski definition) is 5. The molecule has 0 bridgehead atoms. The van der Waals surface area contributed by atoms with E-state index in [1.807, 2.05) is 19.9 Å². The first-order chi connectivity index (χ1) is 11.8. The van der Waals surface area contributed by atoms with Gasteiger partial charge in [-0.15, -0.1) is 0 Å². The van der Waals surface area contributed by atoms with Crippen LogP contribution in [-0.2, 0) is 12.8 Å². The normalized spacial score (nSPS) is 11.8. The number of Topliss-reactive ketones (excluding diaryl/α,β-unsaturated/α-hetero) is 1. The SMILES string of the molecule is CC(C)=CCc1cc(C[C@@H](O)C(=O)c2ccc(O)cc2O)ccc1O. The van der Waals surface area contributed by atoms with Crippen LogP contribution in [0.15, 0.2) is 48.0 Å². The Labute approximate surface area is 146 Å². The smallest absolute Gasteiger partial charge is 0.195 e. The molecule has 0 saturated heterocycles. The Morgan fingerprint density at radius 2 is 1.76 bits per heavy atom. The molecule has 2 aromatic carbocycles. The molecule has 1 atom stereocenters. The second-order valence-electron chi connectivity index (χ2n) is 6.23. The summed E-state index contributed by atoms with van der Waals surface area (Å²) in [6, 6.07) is 8.54. The predicted octanol–water partition coefficient (Wildman–Crippen LogP) is 3.10. The average Bonchev–Trinajstić information content (AvgIpc) is 2.54. The van der Waals surface area contributed by atoms with E-state index in [0.29, 0.717) is 17.5 Å². The lowest BCUT2D eigenvalue weighted by Crippen LogP contribution is -2.23. The third-order valence-corrected chi connectivity index (χ3v) is 3.85. The number of aliphatic hydroxyl groups is 1. The molecule has 0 spiro atoms. The van der Waals surface area contributed by atoms with Crippen molar-refractivity contribution in [1.82, 2.24) is 0 Å². The van der Waals surface area contributed by atoms with E-state index in [1.165, 1.54) is 12.1 Å². The summed E-state index contributed by atoms with van der Waals surface area (Å²) in [4.78, 5) is 12.3. The van der Waals surface area contributed by atoms with Crippen molar-refractivity contribution in [2.45, 2.75) is 32.8 Å². The maximum atomic E-state index is 12.3. The van der Waals surface area contributed by atoms with Crippen LogP contribution in [0.2, 0.25) is 0 Å². The predicted molar refractivity (Wildman–Crippen MR) is 95.1 cm³/mol. The Hall–Kier alpha value is -2.79. The molecule has 2 rings (SSSR count). The van der Waals surface area contributed by atoms with Crippen LogP contribution < -0.4 is 0 Å². The Balaban J connectivity index is 2.16. The number of phenolic OH excluding ortho intramolecular Hbond substituents is 3. The first-order valence-electron chi connectivity index (χ1n) is 7.96. The van der Waals surface area contributed by atoms with Gasteiger partial charge < -0.3 is 20.4 Å². The second kappa shape index (κ2) is 7.85. The minimum atomic E-state index is -1.34. The van der Waals surface area contributed by atoms with Gasteiger partial charge >= 0.3 is 0 Å². The minimum absolute atomic E-state index is 0.0474. The molecule has 0 aromatic heterocycles. The Morgan fingerprint density at radius 1 is 1.04 bits per heavy atom. The molecular formula is C20H22O5. The molecule has 0 aliphatic rings. The summed E-state index contributed by atoms with van der Waals surface area (Å²) < 4.78 is 0. The van der Waals surface area contributed by atoms with Crippen LogP contribution in [0.1, 0.15) is 35.3 Å². The number of carbonyl (C=O) groups excluding carboxylic acids is 1. The van der Waals surface area contributed by atoms with Gasteiger partial charge in [-0.25, -0.2) is 0 Å². The van der Waals surface area contributed by atoms with Crippen LogP contribution in [0, 0.1) is 0 Å². The molecule has 4 N–H and O–H groups in total. The summed E-state index contributed by atoms with van der Waals surface area (Å²) in [5.41, 5.74) is 2.50. The second-order valence-corrected chi connectivity index (χ2v) is 6.23. The highest BCUT2D eigenvalue weighted by Crippen LogP contribution is 2.25. The molecule has 0 aliphatic carbocycles. The van der Waals surface area contributed by atoms with E-state index in [4.69, 9.17) is 0 Å². The summed E-state index contributed by atoms with van der Waals surface area (Å²) >= 11 is 0. The maximum Gasteiger partial charge on any atom is 0.195 e. The van der Waals surface area contributed by atoms with E-state index in [0.717, 1.165) is 11.6 Å². The molecule has 5 nitrogen and oxygen atoms in total. The summed E-state index contributed by atoms with van der Waals surface area (Å²) in [6.07, 6.45) is 1.26. The number of ketones is 1. The van der Waals surface area contributed by atoms with Gasteiger partial charge in [-0.05, 0) is 49.6 Å². The van der Waals surface area contributed by atoms with E-state index in [9.17, 15) is 25.2 Å². The fourth-order valence-electron chi connectivity index (χ4n) is 2.47. The molecule has 25 heavy (non-hydrogen) atoms. The van der Waals surface area contributed by atoms with E-state index in [2.05, 4.69) is 0 Å². The van der Waals surface area contributed by atoms with Crippen LogP contribution in [0.25, 0.3) is 0 Å². The van der Waals surface area contributed by atoms with Gasteiger partial charge in [0.15, 0.2) is 5.78 Å². The molecule has 0 aliphatic heterocycles. The number of benzene rings is 2. The van der Waals surface area contributed by atoms with Crippen molar-refractivity contribution in [3.05, 3.63) is 64.7 Å². The zero-order chi connectivity index (χ0) is 18.6. The molecule has 0 heterocycles. The first kappa shape index (κ1) is 18.5. The van der Waals surface area contributed by atoms with Crippen molar-refractivity contribution in [1.29, 1.82) is 0 Å². The molecule has 2 aromatic rings. The summed E-state index contributed by atoms with van der Waals surface area (Å²) in [6.45, 7) is 3.93. The van der Waals surface area contributed by atoms with Crippen molar-refractivity contribution in [3.63, 3.8) is 0 Å². The van der Waals surface area contributed by atoms with E-state index < -0.39 is 11.9 Å². The summed E-state index contributed by atoms with van der Waals surface area (Å²) in [7, 11) is 0. The lowest BCUT2D eigenvalue weighted by atomic mass is 9.97. The van der Waals surface area contributed by atoms with Gasteiger partial charge in [0.1, 0.15) is 23.4 Å². The van der Waals surface area contributed by atoms with Gasteiger partial charge in [0.25, 0.3) is 0 Å². The Kier molecular flexibility index (Phi) is 5.83. The van der Waals surface area contributed by atoms with Crippen molar-refractivity contribution >= 4 is 5.78 Å². The number of aromatic hydroxyl groups is 3. The van der Waals surface area contributed by atoms with Gasteiger partial charge in [-0.1, -0.05) is 23.8 Å². The minimum Gasteiger partial charge on any atom is -0.508 e. The maximum absolute atomic E-state index is 12.3. The van der Waals surface area contributed by atoms with Crippen LogP contribution >= 0.6 is 0 Å². The molecular weight excluding hydrogens is 320 g/mol. The molecule has 0 fully saturated rings. The number of allylic oxidation sites excluding steroid dienone is 2. The van der Waals surface area contributed by atoms with Crippen molar-refractivity contribution in [3.8, 4) is 17.2 Å². The van der Waals surface area contributed by atoms with E-state index in [1.54, 1.807) is 18.2 Å². The molecule has 5 heteroatoms. The standard InChI is InChI=1S/C20H22O5/c1-12(2)3-5-14-9-13(4-8-17(14)22)10-19(24)20(25)16-7-6-15(21)11-18(16)23/h3-4,6-9,11,19,21-24H,5,10H2,1-2H3/t19-/m1/s1. The molecule has 0 amide bonds. The summed E-state index contributed by atoms with van der Waals surface area (Å²) in [5.74, 6) is -1.00. The number of phenols is 3. The van der Waals surface area contributed by atoms with Gasteiger partial charge in [-0.2, -0.15) is 0 Å². The largest absolute Gasteiger partial charge is 0.508 e. The Bertz CT molecular complexity index is 804. The fraction of sp³-hybridized carbons (Fsp3) is 0.250. The average molecular weight is 342 g/mol. The third-order valence-electron chi connectivity index (χ3n) is 3.85. The molecule has 0 radical (unpaired) electrons. The Morgan fingerprint density at radius 3 is 2.40 bits per heavy atom. The molecule has 0 saturated carbocycles. The lowest BCUT2D eigenvalue weighted by Gasteiger charge is -2.12. The van der Waals surface area contributed by atoms with Crippen LogP contribution in [0.4, 0.5) is 0 Å². The zero-order valence-corrected chi connectivity index (χ0v) is 14.2. The number of rotatable bonds is 6. The lowest BCUT2D eigenvalue weighted by molar-refractivity contribution is 0.0745. The van der Waals surface area contributed by atoms with Crippen molar-refractivity contribution in [2.75, 3.05) is 0 Å². The van der Waals surface area contributed by atoms with Crippen molar-refractivity contribution in [2.24, 2.45) is 0 Å². The molecule has 0 unspecified atom stereocenters. The van der Waals surface area contributed by atoms with Gasteiger partial charge in [0.05, 0.1) is 5.56 Å². The van der Waals surface area contributed by atoms with Crippen LogP contribution in [0.3, 0.4) is 0 Å². The number of hydrogen-bond donors (Lipinski definition) is 4. The van der Waals surface area contributed by atoms with Gasteiger partial charge in [-0.3, -0.25) is 4.79 Å². The number of aliphatic hydroxyl groups excluding tert-OH is 1. The monoisotopic (exact) mass is 342 g/mol. The summed E-state index contributed by atoms with van der Waals surface area (Å²) in [5, 5.41) is 39.1. The zero-order valence-electron chi connectivity index (χ0n) is 14.2. The highest BCUT2D eigenvalue weighted by Gasteiger charge is 2.21. The third kappa shape index (κ3) is 4.84. The highest BCUT2D eigenvalue weighted by atomic mass is 16.3. The van der Waals surface area contributed by atoms with Crippen LogP contribution in [-0.4, -0.2) is 32.3 Å². The number of carbonyl (C=O) groups is 1.